The van der Waals surface area contributed by atoms with Gasteiger partial charge in [-0.2, -0.15) is 0 Å². The Balaban J connectivity index is 1.15. The first-order valence-electron chi connectivity index (χ1n) is 10.8. The van der Waals surface area contributed by atoms with E-state index >= 15 is 0 Å². The molecule has 2 aromatic heterocycles. The molecule has 0 atom stereocenters. The normalized spacial score (nSPS) is 21.4. The third-order valence-corrected chi connectivity index (χ3v) is 6.45. The van der Waals surface area contributed by atoms with E-state index in [1.807, 2.05) is 12.5 Å². The van der Waals surface area contributed by atoms with Crippen LogP contribution < -0.4 is 4.90 Å². The smallest absolute Gasteiger partial charge is 0.410 e. The molecule has 3 saturated heterocycles. The van der Waals surface area contributed by atoms with Crippen molar-refractivity contribution in [3.8, 4) is 0 Å². The van der Waals surface area contributed by atoms with E-state index < -0.39 is 0 Å². The van der Waals surface area contributed by atoms with Crippen LogP contribution >= 0.6 is 0 Å². The molecule has 9 heteroatoms. The Hall–Kier alpha value is -2.91. The first kappa shape index (κ1) is 18.8. The number of anilines is 1. The number of fused-ring (bicyclic) bond motifs is 1. The molecule has 5 heterocycles. The number of allylic oxidation sites excluding steroid dienone is 1. The summed E-state index contributed by atoms with van der Waals surface area (Å²) in [6.45, 7) is 5.37. The van der Waals surface area contributed by atoms with Gasteiger partial charge in [0, 0.05) is 56.2 Å². The van der Waals surface area contributed by atoms with Gasteiger partial charge in [0.25, 0.3) is 0 Å². The summed E-state index contributed by atoms with van der Waals surface area (Å²) in [5.74, 6) is 0. The van der Waals surface area contributed by atoms with Crippen LogP contribution in [0.5, 0.6) is 0 Å². The molecule has 0 unspecified atom stereocenters. The molecule has 3 fully saturated rings. The number of hydrogen-bond donors (Lipinski definition) is 0. The minimum atomic E-state index is -0.234. The lowest BCUT2D eigenvalue weighted by atomic mass is 10.1. The van der Waals surface area contributed by atoms with Crippen molar-refractivity contribution in [1.82, 2.24) is 19.4 Å². The third kappa shape index (κ3) is 3.47. The van der Waals surface area contributed by atoms with Crippen molar-refractivity contribution in [2.45, 2.75) is 18.6 Å². The van der Waals surface area contributed by atoms with Crippen LogP contribution in [0.15, 0.2) is 24.8 Å². The summed E-state index contributed by atoms with van der Waals surface area (Å²) in [7, 11) is 0. The largest absolute Gasteiger partial charge is 0.441 e. The number of ether oxygens (including phenoxy) is 3. The highest BCUT2D eigenvalue weighted by molar-refractivity contribution is 5.91. The van der Waals surface area contributed by atoms with E-state index in [9.17, 15) is 4.79 Å². The molecule has 1 aliphatic carbocycles. The fourth-order valence-electron chi connectivity index (χ4n) is 4.38. The van der Waals surface area contributed by atoms with Gasteiger partial charge in [-0.3, -0.25) is 4.98 Å². The number of pyridine rings is 1. The number of imidazole rings is 1. The SMILES string of the molecule is O=C(OC1COC1)N1CCN(c2ccnc3c2C=C(c2cn(C4COC4)cn2)C3)CC1. The zero-order valence-corrected chi connectivity index (χ0v) is 17.3. The van der Waals surface area contributed by atoms with Crippen LogP contribution in [-0.2, 0) is 20.6 Å². The first-order valence-corrected chi connectivity index (χ1v) is 10.8. The lowest BCUT2D eigenvalue weighted by molar-refractivity contribution is -0.104. The van der Waals surface area contributed by atoms with Crippen molar-refractivity contribution in [3.05, 3.63) is 41.7 Å². The molecule has 6 rings (SSSR count). The summed E-state index contributed by atoms with van der Waals surface area (Å²) < 4.78 is 18.0. The van der Waals surface area contributed by atoms with Crippen molar-refractivity contribution in [2.75, 3.05) is 57.5 Å². The second-order valence-electron chi connectivity index (χ2n) is 8.45. The molecule has 0 radical (unpaired) electrons. The highest BCUT2D eigenvalue weighted by atomic mass is 16.6. The zero-order chi connectivity index (χ0) is 20.8. The van der Waals surface area contributed by atoms with E-state index in [-0.39, 0.29) is 12.2 Å². The quantitative estimate of drug-likeness (QED) is 0.739. The van der Waals surface area contributed by atoms with Crippen molar-refractivity contribution in [1.29, 1.82) is 0 Å². The lowest BCUT2D eigenvalue weighted by Gasteiger charge is -2.37. The predicted octanol–water partition coefficient (Wildman–Crippen LogP) is 1.60. The number of piperazine rings is 1. The van der Waals surface area contributed by atoms with E-state index in [4.69, 9.17) is 14.2 Å². The standard InChI is InChI=1S/C22H25N5O4/c28-22(31-17-12-30-13-17)26-5-3-25(4-6-26)21-1-2-23-19-8-15(7-18(19)21)20-9-27(14-24-20)16-10-29-11-16/h1-2,7,9,14,16-17H,3-6,8,10-13H2. The Kier molecular flexibility index (Phi) is 4.65. The highest BCUT2D eigenvalue weighted by Crippen LogP contribution is 2.36. The van der Waals surface area contributed by atoms with Gasteiger partial charge in [0.1, 0.15) is 0 Å². The average Bonchev–Trinajstić information content (AvgIpc) is 3.36. The second-order valence-corrected chi connectivity index (χ2v) is 8.45. The van der Waals surface area contributed by atoms with E-state index in [0.29, 0.717) is 32.3 Å². The minimum absolute atomic E-state index is 0.0853. The van der Waals surface area contributed by atoms with Gasteiger partial charge in [0.2, 0.25) is 0 Å². The maximum atomic E-state index is 12.3. The van der Waals surface area contributed by atoms with Gasteiger partial charge in [-0.1, -0.05) is 0 Å². The molecule has 0 N–H and O–H groups in total. The van der Waals surface area contributed by atoms with Crippen LogP contribution in [0.25, 0.3) is 11.6 Å². The molecule has 3 aliphatic heterocycles. The molecule has 0 spiro atoms. The highest BCUT2D eigenvalue weighted by Gasteiger charge is 2.30. The van der Waals surface area contributed by atoms with Gasteiger partial charge in [0.15, 0.2) is 6.10 Å². The Labute approximate surface area is 180 Å². The third-order valence-electron chi connectivity index (χ3n) is 6.45. The molecule has 31 heavy (non-hydrogen) atoms. The van der Waals surface area contributed by atoms with Gasteiger partial charge in [-0.25, -0.2) is 9.78 Å². The summed E-state index contributed by atoms with van der Waals surface area (Å²) in [6, 6.07) is 2.47. The fraction of sp³-hybridized carbons (Fsp3) is 0.500. The number of hydrogen-bond acceptors (Lipinski definition) is 7. The van der Waals surface area contributed by atoms with Gasteiger partial charge < -0.3 is 28.6 Å². The summed E-state index contributed by atoms with van der Waals surface area (Å²) >= 11 is 0. The van der Waals surface area contributed by atoms with Gasteiger partial charge in [-0.05, 0) is 17.7 Å². The first-order chi connectivity index (χ1) is 15.2. The monoisotopic (exact) mass is 423 g/mol. The Morgan fingerprint density at radius 3 is 2.58 bits per heavy atom. The van der Waals surface area contributed by atoms with E-state index in [1.54, 1.807) is 4.90 Å². The van der Waals surface area contributed by atoms with Crippen LogP contribution in [0.2, 0.25) is 0 Å². The number of nitrogens with zero attached hydrogens (tertiary/aromatic N) is 5. The molecule has 0 bridgehead atoms. The molecular formula is C22H25N5O4. The number of amides is 1. The van der Waals surface area contributed by atoms with Crippen molar-refractivity contribution in [2.24, 2.45) is 0 Å². The molecule has 2 aromatic rings. The summed E-state index contributed by atoms with van der Waals surface area (Å²) in [5.41, 5.74) is 5.62. The van der Waals surface area contributed by atoms with Crippen LogP contribution in [-0.4, -0.2) is 84.2 Å². The maximum Gasteiger partial charge on any atom is 0.410 e. The van der Waals surface area contributed by atoms with Crippen molar-refractivity contribution < 1.29 is 19.0 Å². The van der Waals surface area contributed by atoms with Crippen LogP contribution in [0.3, 0.4) is 0 Å². The van der Waals surface area contributed by atoms with Crippen LogP contribution in [0.1, 0.15) is 23.0 Å². The average molecular weight is 423 g/mol. The number of carbonyl (C=O) groups excluding carboxylic acids is 1. The summed E-state index contributed by atoms with van der Waals surface area (Å²) in [5, 5.41) is 0. The second kappa shape index (κ2) is 7.65. The van der Waals surface area contributed by atoms with Gasteiger partial charge in [-0.15, -0.1) is 0 Å². The lowest BCUT2D eigenvalue weighted by Crippen LogP contribution is -2.51. The van der Waals surface area contributed by atoms with E-state index in [2.05, 4.69) is 37.8 Å². The van der Waals surface area contributed by atoms with Crippen LogP contribution in [0, 0.1) is 0 Å². The molecule has 162 valence electrons. The van der Waals surface area contributed by atoms with E-state index in [0.717, 1.165) is 44.1 Å². The summed E-state index contributed by atoms with van der Waals surface area (Å²) in [4.78, 5) is 25.7. The van der Waals surface area contributed by atoms with Crippen molar-refractivity contribution >= 4 is 23.4 Å². The Morgan fingerprint density at radius 2 is 1.87 bits per heavy atom. The minimum Gasteiger partial charge on any atom is -0.441 e. The Bertz CT molecular complexity index is 1020. The fourth-order valence-corrected chi connectivity index (χ4v) is 4.38. The predicted molar refractivity (Wildman–Crippen MR) is 113 cm³/mol. The topological polar surface area (TPSA) is 82.0 Å². The molecule has 0 aromatic carbocycles. The number of rotatable bonds is 4. The van der Waals surface area contributed by atoms with Gasteiger partial charge >= 0.3 is 6.09 Å². The number of aromatic nitrogens is 3. The molecule has 9 nitrogen and oxygen atoms in total. The summed E-state index contributed by atoms with van der Waals surface area (Å²) in [6.07, 6.45) is 8.58. The maximum absolute atomic E-state index is 12.3. The Morgan fingerprint density at radius 1 is 1.06 bits per heavy atom. The van der Waals surface area contributed by atoms with E-state index in [1.165, 1.54) is 16.8 Å². The van der Waals surface area contributed by atoms with Crippen molar-refractivity contribution in [3.63, 3.8) is 0 Å². The molecular weight excluding hydrogens is 398 g/mol. The molecule has 0 saturated carbocycles. The zero-order valence-electron chi connectivity index (χ0n) is 17.3. The van der Waals surface area contributed by atoms with Gasteiger partial charge in [0.05, 0.1) is 50.2 Å². The number of carbonyl (C=O) groups is 1. The van der Waals surface area contributed by atoms with Crippen LogP contribution in [0.4, 0.5) is 10.5 Å². The molecule has 4 aliphatic rings. The molecule has 1 amide bonds.